The Kier molecular flexibility index (Phi) is 7.63. The molecular formula is C17H34N2O3. The summed E-state index contributed by atoms with van der Waals surface area (Å²) in [5.74, 6) is 0. The first-order valence-corrected chi connectivity index (χ1v) is 8.57. The minimum absolute atomic E-state index is 0.0683. The van der Waals surface area contributed by atoms with Crippen LogP contribution in [0.15, 0.2) is 0 Å². The van der Waals surface area contributed by atoms with Crippen LogP contribution in [0, 0.1) is 5.41 Å². The molecule has 1 aliphatic rings. The van der Waals surface area contributed by atoms with Crippen molar-refractivity contribution in [3.05, 3.63) is 0 Å². The fourth-order valence-corrected chi connectivity index (χ4v) is 2.95. The number of aliphatic hydroxyl groups is 1. The highest BCUT2D eigenvalue weighted by Gasteiger charge is 2.30. The number of ether oxygens (including phenoxy) is 1. The second kappa shape index (κ2) is 8.73. The van der Waals surface area contributed by atoms with E-state index >= 15 is 0 Å². The summed E-state index contributed by atoms with van der Waals surface area (Å²) in [7, 11) is 0. The lowest BCUT2D eigenvalue weighted by Crippen LogP contribution is -2.42. The summed E-state index contributed by atoms with van der Waals surface area (Å²) in [5, 5.41) is 16.0. The number of carbonyl (C=O) groups is 1. The van der Waals surface area contributed by atoms with Crippen LogP contribution >= 0.6 is 0 Å². The number of nitrogens with one attached hydrogen (secondary N) is 2. The molecule has 1 saturated carbocycles. The summed E-state index contributed by atoms with van der Waals surface area (Å²) in [6, 6.07) is 0.0683. The maximum absolute atomic E-state index is 11.7. The lowest BCUT2D eigenvalue weighted by molar-refractivity contribution is 0.0505. The summed E-state index contributed by atoms with van der Waals surface area (Å²) in [4.78, 5) is 11.7. The largest absolute Gasteiger partial charge is 0.444 e. The number of carbonyl (C=O) groups excluding carboxylic acids is 1. The van der Waals surface area contributed by atoms with E-state index < -0.39 is 5.60 Å². The van der Waals surface area contributed by atoms with Gasteiger partial charge >= 0.3 is 6.09 Å². The van der Waals surface area contributed by atoms with Gasteiger partial charge < -0.3 is 20.5 Å². The monoisotopic (exact) mass is 314 g/mol. The number of amides is 1. The van der Waals surface area contributed by atoms with Crippen LogP contribution in [0.4, 0.5) is 4.79 Å². The van der Waals surface area contributed by atoms with E-state index in [1.807, 2.05) is 27.7 Å². The molecule has 0 bridgehead atoms. The zero-order valence-corrected chi connectivity index (χ0v) is 14.7. The van der Waals surface area contributed by atoms with Gasteiger partial charge in [0.25, 0.3) is 0 Å². The second-order valence-electron chi connectivity index (χ2n) is 7.73. The molecule has 1 unspecified atom stereocenters. The van der Waals surface area contributed by atoms with Crippen molar-refractivity contribution in [1.82, 2.24) is 10.6 Å². The minimum atomic E-state index is -0.462. The zero-order chi connectivity index (χ0) is 16.6. The standard InChI is InChI=1S/C17H34N2O3/c1-14(19-15(21)22-16(2,3)4)8-11-18-12-17(13-20)9-6-5-7-10-17/h14,18,20H,5-13H2,1-4H3,(H,19,21). The van der Waals surface area contributed by atoms with Crippen LogP contribution in [0.2, 0.25) is 0 Å². The van der Waals surface area contributed by atoms with E-state index in [9.17, 15) is 9.90 Å². The Morgan fingerprint density at radius 1 is 1.27 bits per heavy atom. The number of aliphatic hydroxyl groups excluding tert-OH is 1. The van der Waals surface area contributed by atoms with Crippen LogP contribution in [0.1, 0.15) is 66.2 Å². The fraction of sp³-hybridized carbons (Fsp3) is 0.941. The van der Waals surface area contributed by atoms with E-state index in [0.717, 1.165) is 32.4 Å². The van der Waals surface area contributed by atoms with Crippen molar-refractivity contribution in [2.45, 2.75) is 77.9 Å². The molecule has 1 rings (SSSR count). The topological polar surface area (TPSA) is 70.6 Å². The van der Waals surface area contributed by atoms with Crippen LogP contribution in [0.3, 0.4) is 0 Å². The minimum Gasteiger partial charge on any atom is -0.444 e. The number of hydrogen-bond acceptors (Lipinski definition) is 4. The Balaban J connectivity index is 2.19. The molecule has 0 heterocycles. The van der Waals surface area contributed by atoms with Gasteiger partial charge in [0.1, 0.15) is 5.60 Å². The molecular weight excluding hydrogens is 280 g/mol. The first kappa shape index (κ1) is 19.2. The van der Waals surface area contributed by atoms with Crippen molar-refractivity contribution < 1.29 is 14.6 Å². The van der Waals surface area contributed by atoms with Crippen molar-refractivity contribution >= 4 is 6.09 Å². The van der Waals surface area contributed by atoms with Gasteiger partial charge in [0.05, 0.1) is 0 Å². The van der Waals surface area contributed by atoms with Gasteiger partial charge in [-0.15, -0.1) is 0 Å². The lowest BCUT2D eigenvalue weighted by Gasteiger charge is -2.36. The number of hydrogen-bond donors (Lipinski definition) is 3. The molecule has 1 aliphatic carbocycles. The van der Waals surface area contributed by atoms with E-state index in [1.165, 1.54) is 19.3 Å². The third-order valence-electron chi connectivity index (χ3n) is 4.27. The number of alkyl carbamates (subject to hydrolysis) is 1. The van der Waals surface area contributed by atoms with E-state index in [-0.39, 0.29) is 24.2 Å². The Bertz CT molecular complexity index is 333. The SMILES string of the molecule is CC(CCNCC1(CO)CCCCC1)NC(=O)OC(C)(C)C. The van der Waals surface area contributed by atoms with Gasteiger partial charge in [0.15, 0.2) is 0 Å². The van der Waals surface area contributed by atoms with Crippen molar-refractivity contribution in [2.75, 3.05) is 19.7 Å². The van der Waals surface area contributed by atoms with Crippen molar-refractivity contribution in [3.63, 3.8) is 0 Å². The number of rotatable bonds is 7. The van der Waals surface area contributed by atoms with Crippen molar-refractivity contribution in [3.8, 4) is 0 Å². The van der Waals surface area contributed by atoms with Crippen LogP contribution in [0.25, 0.3) is 0 Å². The third-order valence-corrected chi connectivity index (χ3v) is 4.27. The van der Waals surface area contributed by atoms with Crippen LogP contribution in [-0.4, -0.2) is 42.5 Å². The van der Waals surface area contributed by atoms with Gasteiger partial charge in [-0.25, -0.2) is 4.79 Å². The summed E-state index contributed by atoms with van der Waals surface area (Å²) in [6.07, 6.45) is 6.45. The first-order chi connectivity index (χ1) is 10.3. The van der Waals surface area contributed by atoms with Gasteiger partial charge in [-0.2, -0.15) is 0 Å². The molecule has 3 N–H and O–H groups in total. The van der Waals surface area contributed by atoms with E-state index in [1.54, 1.807) is 0 Å². The third kappa shape index (κ3) is 7.45. The molecule has 0 aromatic carbocycles. The smallest absolute Gasteiger partial charge is 0.407 e. The zero-order valence-electron chi connectivity index (χ0n) is 14.7. The molecule has 0 spiro atoms. The molecule has 5 heteroatoms. The normalized spacial score (nSPS) is 19.5. The molecule has 0 saturated heterocycles. The molecule has 0 aromatic heterocycles. The van der Waals surface area contributed by atoms with Gasteiger partial charge in [-0.05, 0) is 53.5 Å². The van der Waals surface area contributed by atoms with E-state index in [0.29, 0.717) is 0 Å². The predicted octanol–water partition coefficient (Wildman–Crippen LogP) is 2.82. The maximum Gasteiger partial charge on any atom is 0.407 e. The Morgan fingerprint density at radius 3 is 2.45 bits per heavy atom. The first-order valence-electron chi connectivity index (χ1n) is 8.57. The lowest BCUT2D eigenvalue weighted by atomic mass is 9.74. The molecule has 0 aromatic rings. The van der Waals surface area contributed by atoms with Crippen LogP contribution in [0.5, 0.6) is 0 Å². The average molecular weight is 314 g/mol. The molecule has 5 nitrogen and oxygen atoms in total. The van der Waals surface area contributed by atoms with Crippen LogP contribution < -0.4 is 10.6 Å². The van der Waals surface area contributed by atoms with Crippen LogP contribution in [-0.2, 0) is 4.74 Å². The van der Waals surface area contributed by atoms with Gasteiger partial charge in [0.2, 0.25) is 0 Å². The Labute approximate surface area is 135 Å². The molecule has 1 amide bonds. The quantitative estimate of drug-likeness (QED) is 0.632. The summed E-state index contributed by atoms with van der Waals surface area (Å²) in [5.41, 5.74) is -0.392. The Morgan fingerprint density at radius 2 is 1.91 bits per heavy atom. The van der Waals surface area contributed by atoms with Crippen molar-refractivity contribution in [2.24, 2.45) is 5.41 Å². The highest BCUT2D eigenvalue weighted by atomic mass is 16.6. The summed E-state index contributed by atoms with van der Waals surface area (Å²) < 4.78 is 5.24. The van der Waals surface area contributed by atoms with Crippen molar-refractivity contribution in [1.29, 1.82) is 0 Å². The summed E-state index contributed by atoms with van der Waals surface area (Å²) in [6.45, 7) is 9.52. The summed E-state index contributed by atoms with van der Waals surface area (Å²) >= 11 is 0. The molecule has 0 aliphatic heterocycles. The maximum atomic E-state index is 11.7. The molecule has 130 valence electrons. The molecule has 1 fully saturated rings. The van der Waals surface area contributed by atoms with E-state index in [4.69, 9.17) is 4.74 Å². The van der Waals surface area contributed by atoms with Gasteiger partial charge in [0, 0.05) is 24.6 Å². The molecule has 22 heavy (non-hydrogen) atoms. The predicted molar refractivity (Wildman–Crippen MR) is 88.9 cm³/mol. The highest BCUT2D eigenvalue weighted by Crippen LogP contribution is 2.35. The highest BCUT2D eigenvalue weighted by molar-refractivity contribution is 5.67. The average Bonchev–Trinajstić information content (AvgIpc) is 2.42. The van der Waals surface area contributed by atoms with E-state index in [2.05, 4.69) is 10.6 Å². The second-order valence-corrected chi connectivity index (χ2v) is 7.73. The fourth-order valence-electron chi connectivity index (χ4n) is 2.95. The Hall–Kier alpha value is -0.810. The molecule has 1 atom stereocenters. The molecule has 0 radical (unpaired) electrons. The van der Waals surface area contributed by atoms with Gasteiger partial charge in [-0.3, -0.25) is 0 Å². The van der Waals surface area contributed by atoms with Gasteiger partial charge in [-0.1, -0.05) is 19.3 Å².